The summed E-state index contributed by atoms with van der Waals surface area (Å²) in [4.78, 5) is 4.46. The third kappa shape index (κ3) is 2.05. The van der Waals surface area contributed by atoms with E-state index in [1.807, 2.05) is 31.3 Å². The van der Waals surface area contributed by atoms with Gasteiger partial charge < -0.3 is 5.32 Å². The SMILES string of the molecule is CNc1cccc(-c2n[nH]c(C(C)C)n2)c1. The van der Waals surface area contributed by atoms with E-state index in [4.69, 9.17) is 0 Å². The molecule has 2 N–H and O–H groups in total. The van der Waals surface area contributed by atoms with Crippen LogP contribution in [0.1, 0.15) is 25.6 Å². The summed E-state index contributed by atoms with van der Waals surface area (Å²) in [6, 6.07) is 8.05. The number of H-pyrrole nitrogens is 1. The van der Waals surface area contributed by atoms with Gasteiger partial charge in [0.25, 0.3) is 0 Å². The highest BCUT2D eigenvalue weighted by molar-refractivity contribution is 5.61. The van der Waals surface area contributed by atoms with Gasteiger partial charge in [0, 0.05) is 24.2 Å². The molecule has 0 saturated carbocycles. The zero-order valence-electron chi connectivity index (χ0n) is 9.78. The fraction of sp³-hybridized carbons (Fsp3) is 0.333. The van der Waals surface area contributed by atoms with E-state index < -0.39 is 0 Å². The van der Waals surface area contributed by atoms with E-state index in [0.717, 1.165) is 22.9 Å². The van der Waals surface area contributed by atoms with E-state index in [0.29, 0.717) is 5.92 Å². The summed E-state index contributed by atoms with van der Waals surface area (Å²) in [5, 5.41) is 10.3. The molecule has 0 unspecified atom stereocenters. The number of nitrogens with one attached hydrogen (secondary N) is 2. The molecule has 2 aromatic rings. The molecule has 84 valence electrons. The lowest BCUT2D eigenvalue weighted by Gasteiger charge is -2.01. The summed E-state index contributed by atoms with van der Waals surface area (Å²) in [7, 11) is 1.90. The summed E-state index contributed by atoms with van der Waals surface area (Å²) in [5.74, 6) is 2.04. The highest BCUT2D eigenvalue weighted by Gasteiger charge is 2.08. The molecule has 0 fully saturated rings. The number of hydrogen-bond acceptors (Lipinski definition) is 3. The van der Waals surface area contributed by atoms with Crippen LogP contribution >= 0.6 is 0 Å². The van der Waals surface area contributed by atoms with Gasteiger partial charge in [-0.25, -0.2) is 4.98 Å². The summed E-state index contributed by atoms with van der Waals surface area (Å²) in [6.45, 7) is 4.18. The first-order valence-electron chi connectivity index (χ1n) is 5.41. The van der Waals surface area contributed by atoms with Crippen LogP contribution in [0, 0.1) is 0 Å². The maximum absolute atomic E-state index is 4.46. The fourth-order valence-corrected chi connectivity index (χ4v) is 1.48. The Morgan fingerprint density at radius 1 is 1.31 bits per heavy atom. The average Bonchev–Trinajstić information content (AvgIpc) is 2.78. The highest BCUT2D eigenvalue weighted by atomic mass is 15.2. The number of aromatic nitrogens is 3. The van der Waals surface area contributed by atoms with Crippen LogP contribution in [0.4, 0.5) is 5.69 Å². The van der Waals surface area contributed by atoms with Crippen molar-refractivity contribution in [3.05, 3.63) is 30.1 Å². The van der Waals surface area contributed by atoms with Crippen LogP contribution in [0.2, 0.25) is 0 Å². The molecule has 0 aliphatic rings. The summed E-state index contributed by atoms with van der Waals surface area (Å²) in [5.41, 5.74) is 2.09. The second kappa shape index (κ2) is 4.35. The number of hydrogen-bond donors (Lipinski definition) is 2. The normalized spacial score (nSPS) is 10.8. The van der Waals surface area contributed by atoms with Gasteiger partial charge >= 0.3 is 0 Å². The van der Waals surface area contributed by atoms with Crippen LogP contribution in [-0.2, 0) is 0 Å². The Bertz CT molecular complexity index is 473. The minimum atomic E-state index is 0.369. The number of benzene rings is 1. The first-order chi connectivity index (χ1) is 7.70. The number of anilines is 1. The quantitative estimate of drug-likeness (QED) is 0.829. The molecule has 4 heteroatoms. The van der Waals surface area contributed by atoms with Crippen LogP contribution in [0.15, 0.2) is 24.3 Å². The van der Waals surface area contributed by atoms with Gasteiger partial charge in [0.15, 0.2) is 5.82 Å². The Balaban J connectivity index is 2.34. The predicted molar refractivity (Wildman–Crippen MR) is 65.5 cm³/mol. The highest BCUT2D eigenvalue weighted by Crippen LogP contribution is 2.20. The lowest BCUT2D eigenvalue weighted by atomic mass is 10.2. The minimum absolute atomic E-state index is 0.369. The van der Waals surface area contributed by atoms with Gasteiger partial charge in [-0.3, -0.25) is 5.10 Å². The van der Waals surface area contributed by atoms with Crippen molar-refractivity contribution in [2.75, 3.05) is 12.4 Å². The second-order valence-corrected chi connectivity index (χ2v) is 4.03. The zero-order valence-corrected chi connectivity index (χ0v) is 9.78. The maximum Gasteiger partial charge on any atom is 0.181 e. The van der Waals surface area contributed by atoms with Crippen LogP contribution in [0.3, 0.4) is 0 Å². The lowest BCUT2D eigenvalue weighted by molar-refractivity contribution is 0.781. The number of rotatable bonds is 3. The Morgan fingerprint density at radius 2 is 2.12 bits per heavy atom. The molecule has 1 aromatic heterocycles. The molecule has 2 rings (SSSR count). The Labute approximate surface area is 95.1 Å². The molecule has 1 aromatic carbocycles. The van der Waals surface area contributed by atoms with Gasteiger partial charge in [-0.2, -0.15) is 5.10 Å². The molecule has 4 nitrogen and oxygen atoms in total. The molecule has 0 saturated heterocycles. The summed E-state index contributed by atoms with van der Waals surface area (Å²) < 4.78 is 0. The largest absolute Gasteiger partial charge is 0.388 e. The number of aromatic amines is 1. The van der Waals surface area contributed by atoms with Crippen molar-refractivity contribution < 1.29 is 0 Å². The molecule has 16 heavy (non-hydrogen) atoms. The average molecular weight is 216 g/mol. The van der Waals surface area contributed by atoms with Crippen molar-refractivity contribution in [1.29, 1.82) is 0 Å². The second-order valence-electron chi connectivity index (χ2n) is 4.03. The predicted octanol–water partition coefficient (Wildman–Crippen LogP) is 2.64. The minimum Gasteiger partial charge on any atom is -0.388 e. The molecule has 1 heterocycles. The van der Waals surface area contributed by atoms with Gasteiger partial charge in [-0.15, -0.1) is 0 Å². The third-order valence-corrected chi connectivity index (χ3v) is 2.46. The smallest absolute Gasteiger partial charge is 0.181 e. The molecule has 0 bridgehead atoms. The Morgan fingerprint density at radius 3 is 2.75 bits per heavy atom. The van der Waals surface area contributed by atoms with Crippen molar-refractivity contribution in [2.24, 2.45) is 0 Å². The van der Waals surface area contributed by atoms with Crippen LogP contribution < -0.4 is 5.32 Å². The van der Waals surface area contributed by atoms with Crippen molar-refractivity contribution in [2.45, 2.75) is 19.8 Å². The molecule has 0 aliphatic heterocycles. The van der Waals surface area contributed by atoms with Gasteiger partial charge in [-0.1, -0.05) is 26.0 Å². The standard InChI is InChI=1S/C12H16N4/c1-8(2)11-14-12(16-15-11)9-5-4-6-10(7-9)13-3/h4-8,13H,1-3H3,(H,14,15,16). The molecule has 0 amide bonds. The van der Waals surface area contributed by atoms with E-state index in [9.17, 15) is 0 Å². The van der Waals surface area contributed by atoms with Gasteiger partial charge in [0.2, 0.25) is 0 Å². The third-order valence-electron chi connectivity index (χ3n) is 2.46. The van der Waals surface area contributed by atoms with E-state index in [2.05, 4.69) is 34.3 Å². The summed E-state index contributed by atoms with van der Waals surface area (Å²) in [6.07, 6.45) is 0. The molecular formula is C12H16N4. The number of nitrogens with zero attached hydrogens (tertiary/aromatic N) is 2. The van der Waals surface area contributed by atoms with Crippen molar-refractivity contribution in [1.82, 2.24) is 15.2 Å². The van der Waals surface area contributed by atoms with E-state index in [-0.39, 0.29) is 0 Å². The Kier molecular flexibility index (Phi) is 2.90. The Hall–Kier alpha value is -1.84. The maximum atomic E-state index is 4.46. The van der Waals surface area contributed by atoms with Gasteiger partial charge in [-0.05, 0) is 12.1 Å². The first-order valence-corrected chi connectivity index (χ1v) is 5.41. The molecule has 0 aliphatic carbocycles. The summed E-state index contributed by atoms with van der Waals surface area (Å²) >= 11 is 0. The first kappa shape index (κ1) is 10.7. The van der Waals surface area contributed by atoms with Crippen molar-refractivity contribution >= 4 is 5.69 Å². The fourth-order valence-electron chi connectivity index (χ4n) is 1.48. The monoisotopic (exact) mass is 216 g/mol. The van der Waals surface area contributed by atoms with Crippen molar-refractivity contribution in [3.63, 3.8) is 0 Å². The van der Waals surface area contributed by atoms with Crippen LogP contribution in [0.25, 0.3) is 11.4 Å². The van der Waals surface area contributed by atoms with E-state index >= 15 is 0 Å². The van der Waals surface area contributed by atoms with E-state index in [1.54, 1.807) is 0 Å². The zero-order chi connectivity index (χ0) is 11.5. The van der Waals surface area contributed by atoms with Crippen LogP contribution in [-0.4, -0.2) is 22.2 Å². The van der Waals surface area contributed by atoms with Gasteiger partial charge in [0.05, 0.1) is 0 Å². The molecule has 0 spiro atoms. The molecular weight excluding hydrogens is 200 g/mol. The van der Waals surface area contributed by atoms with E-state index in [1.165, 1.54) is 0 Å². The topological polar surface area (TPSA) is 53.6 Å². The molecule has 0 radical (unpaired) electrons. The lowest BCUT2D eigenvalue weighted by Crippen LogP contribution is -1.90. The van der Waals surface area contributed by atoms with Crippen molar-refractivity contribution in [3.8, 4) is 11.4 Å². The van der Waals surface area contributed by atoms with Crippen LogP contribution in [0.5, 0.6) is 0 Å². The molecule has 0 atom stereocenters. The van der Waals surface area contributed by atoms with Gasteiger partial charge in [0.1, 0.15) is 5.82 Å².